The van der Waals surface area contributed by atoms with Crippen molar-refractivity contribution >= 4 is 15.9 Å². The van der Waals surface area contributed by atoms with Crippen molar-refractivity contribution in [1.82, 2.24) is 4.31 Å². The number of hydrogen-bond donors (Lipinski definition) is 2. The fraction of sp³-hybridized carbons (Fsp3) is 0.533. The Hall–Kier alpha value is -1.48. The summed E-state index contributed by atoms with van der Waals surface area (Å²) in [5.74, 6) is -0.645. The number of amides is 1. The largest absolute Gasteiger partial charge is 0.381 e. The maximum Gasteiger partial charge on any atom is 0.249 e. The predicted molar refractivity (Wildman–Crippen MR) is 86.5 cm³/mol. The zero-order valence-electron chi connectivity index (χ0n) is 13.4. The number of primary amides is 1. The van der Waals surface area contributed by atoms with E-state index in [-0.39, 0.29) is 29.1 Å². The molecular weight excluding hydrogens is 318 g/mol. The number of piperidine rings is 1. The van der Waals surface area contributed by atoms with E-state index in [4.69, 9.17) is 16.2 Å². The van der Waals surface area contributed by atoms with Crippen molar-refractivity contribution in [1.29, 1.82) is 0 Å². The van der Waals surface area contributed by atoms with Crippen molar-refractivity contribution in [3.05, 3.63) is 29.3 Å². The van der Waals surface area contributed by atoms with Crippen molar-refractivity contribution in [3.8, 4) is 0 Å². The number of carbonyl (C=O) groups excluding carboxylic acids is 1. The van der Waals surface area contributed by atoms with Crippen LogP contribution in [-0.2, 0) is 14.8 Å². The highest BCUT2D eigenvalue weighted by Gasteiger charge is 2.36. The number of nitrogens with zero attached hydrogens (tertiary/aromatic N) is 1. The molecule has 1 aliphatic rings. The number of sulfonamides is 1. The number of rotatable bonds is 5. The minimum atomic E-state index is -3.74. The minimum absolute atomic E-state index is 0.00852. The molecule has 1 aromatic carbocycles. The summed E-state index contributed by atoms with van der Waals surface area (Å²) < 4.78 is 32.5. The average molecular weight is 341 g/mol. The molecule has 0 saturated carbocycles. The van der Waals surface area contributed by atoms with Crippen LogP contribution in [0.5, 0.6) is 0 Å². The maximum atomic E-state index is 12.9. The number of hydrogen-bond acceptors (Lipinski definition) is 5. The Balaban J connectivity index is 2.38. The average Bonchev–Trinajstić information content (AvgIpc) is 2.53. The van der Waals surface area contributed by atoms with Crippen molar-refractivity contribution in [3.63, 3.8) is 0 Å². The molecule has 2 rings (SSSR count). The second-order valence-corrected chi connectivity index (χ2v) is 7.62. The molecule has 7 nitrogen and oxygen atoms in total. The lowest BCUT2D eigenvalue weighted by atomic mass is 10.0. The highest BCUT2D eigenvalue weighted by molar-refractivity contribution is 7.89. The third-order valence-corrected chi connectivity index (χ3v) is 6.25. The molecular formula is C15H23N3O4S. The minimum Gasteiger partial charge on any atom is -0.381 e. The monoisotopic (exact) mass is 341 g/mol. The van der Waals surface area contributed by atoms with E-state index in [1.165, 1.54) is 16.4 Å². The summed E-state index contributed by atoms with van der Waals surface area (Å²) in [7, 11) is -2.13. The Kier molecular flexibility index (Phi) is 5.41. The molecule has 1 aromatic rings. The number of carbonyl (C=O) groups is 1. The fourth-order valence-electron chi connectivity index (χ4n) is 2.90. The molecule has 0 aliphatic carbocycles. The molecule has 0 spiro atoms. The van der Waals surface area contributed by atoms with Gasteiger partial charge in [0.2, 0.25) is 15.9 Å². The van der Waals surface area contributed by atoms with E-state index in [9.17, 15) is 13.2 Å². The van der Waals surface area contributed by atoms with Gasteiger partial charge >= 0.3 is 0 Å². The Morgan fingerprint density at radius 2 is 2.13 bits per heavy atom. The number of benzene rings is 1. The first-order valence-electron chi connectivity index (χ1n) is 7.46. The smallest absolute Gasteiger partial charge is 0.249 e. The van der Waals surface area contributed by atoms with E-state index in [1.807, 2.05) is 0 Å². The summed E-state index contributed by atoms with van der Waals surface area (Å²) in [5.41, 5.74) is 11.9. The van der Waals surface area contributed by atoms with Crippen molar-refractivity contribution in [2.45, 2.75) is 36.8 Å². The van der Waals surface area contributed by atoms with Crippen LogP contribution in [0.3, 0.4) is 0 Å². The number of ether oxygens (including phenoxy) is 1. The van der Waals surface area contributed by atoms with Gasteiger partial charge in [0.05, 0.1) is 11.0 Å². The van der Waals surface area contributed by atoms with Crippen LogP contribution < -0.4 is 11.5 Å². The first-order chi connectivity index (χ1) is 10.8. The van der Waals surface area contributed by atoms with Crippen LogP contribution in [0, 0.1) is 6.92 Å². The van der Waals surface area contributed by atoms with Gasteiger partial charge in [-0.15, -0.1) is 0 Å². The van der Waals surface area contributed by atoms with Gasteiger partial charge in [-0.3, -0.25) is 4.79 Å². The molecule has 128 valence electrons. The number of nitrogens with two attached hydrogens (primary N) is 2. The summed E-state index contributed by atoms with van der Waals surface area (Å²) in [5, 5.41) is 0. The molecule has 1 aliphatic heterocycles. The summed E-state index contributed by atoms with van der Waals surface area (Å²) in [6, 6.07) is 4.10. The van der Waals surface area contributed by atoms with Gasteiger partial charge < -0.3 is 16.2 Å². The normalized spacial score (nSPS) is 22.9. The molecule has 2 atom stereocenters. The van der Waals surface area contributed by atoms with E-state index in [0.717, 1.165) is 0 Å². The maximum absolute atomic E-state index is 12.9. The van der Waals surface area contributed by atoms with Gasteiger partial charge in [0.1, 0.15) is 0 Å². The van der Waals surface area contributed by atoms with Gasteiger partial charge in [-0.1, -0.05) is 6.07 Å². The standard InChI is InChI=1S/C15H23N3O4S/c1-10-3-4-13(8-14(10)15(17)19)23(20,21)18-6-5-12(22-2)7-11(18)9-16/h3-4,8,11-12H,5-7,9,16H2,1-2H3,(H2,17,19). The van der Waals surface area contributed by atoms with E-state index >= 15 is 0 Å². The highest BCUT2D eigenvalue weighted by atomic mass is 32.2. The van der Waals surface area contributed by atoms with Crippen LogP contribution in [0.1, 0.15) is 28.8 Å². The molecule has 1 fully saturated rings. The molecule has 1 heterocycles. The van der Waals surface area contributed by atoms with Gasteiger partial charge in [-0.2, -0.15) is 4.31 Å². The summed E-state index contributed by atoms with van der Waals surface area (Å²) in [4.78, 5) is 11.5. The lowest BCUT2D eigenvalue weighted by Crippen LogP contribution is -2.51. The predicted octanol–water partition coefficient (Wildman–Crippen LogP) is 0.221. The number of aryl methyl sites for hydroxylation is 1. The lowest BCUT2D eigenvalue weighted by Gasteiger charge is -2.37. The molecule has 0 bridgehead atoms. The van der Waals surface area contributed by atoms with Gasteiger partial charge in [0.25, 0.3) is 0 Å². The van der Waals surface area contributed by atoms with Gasteiger partial charge in [0, 0.05) is 31.8 Å². The Morgan fingerprint density at radius 1 is 1.43 bits per heavy atom. The Morgan fingerprint density at radius 3 is 2.70 bits per heavy atom. The Labute approximate surface area is 136 Å². The van der Waals surface area contributed by atoms with E-state index in [0.29, 0.717) is 24.9 Å². The first-order valence-corrected chi connectivity index (χ1v) is 8.90. The second kappa shape index (κ2) is 6.96. The van der Waals surface area contributed by atoms with Crippen LogP contribution in [0.15, 0.2) is 23.1 Å². The second-order valence-electron chi connectivity index (χ2n) is 5.73. The summed E-state index contributed by atoms with van der Waals surface area (Å²) >= 11 is 0. The third-order valence-electron chi connectivity index (χ3n) is 4.30. The highest BCUT2D eigenvalue weighted by Crippen LogP contribution is 2.27. The zero-order chi connectivity index (χ0) is 17.2. The molecule has 0 aromatic heterocycles. The number of methoxy groups -OCH3 is 1. The third kappa shape index (κ3) is 3.55. The van der Waals surface area contributed by atoms with Crippen molar-refractivity contribution in [2.24, 2.45) is 11.5 Å². The molecule has 8 heteroatoms. The zero-order valence-corrected chi connectivity index (χ0v) is 14.2. The topological polar surface area (TPSA) is 116 Å². The molecule has 4 N–H and O–H groups in total. The molecule has 0 radical (unpaired) electrons. The molecule has 1 saturated heterocycles. The summed E-state index contributed by atoms with van der Waals surface area (Å²) in [6.45, 7) is 2.26. The fourth-order valence-corrected chi connectivity index (χ4v) is 4.59. The SMILES string of the molecule is COC1CCN(S(=O)(=O)c2ccc(C)c(C(N)=O)c2)C(CN)C1. The van der Waals surface area contributed by atoms with Crippen LogP contribution in [-0.4, -0.2) is 51.0 Å². The van der Waals surface area contributed by atoms with Crippen LogP contribution >= 0.6 is 0 Å². The van der Waals surface area contributed by atoms with E-state index < -0.39 is 15.9 Å². The van der Waals surface area contributed by atoms with Crippen molar-refractivity contribution in [2.75, 3.05) is 20.2 Å². The summed E-state index contributed by atoms with van der Waals surface area (Å²) in [6.07, 6.45) is 1.18. The van der Waals surface area contributed by atoms with Crippen LogP contribution in [0.2, 0.25) is 0 Å². The van der Waals surface area contributed by atoms with Gasteiger partial charge in [0.15, 0.2) is 0 Å². The quantitative estimate of drug-likeness (QED) is 0.795. The molecule has 1 amide bonds. The van der Waals surface area contributed by atoms with Crippen molar-refractivity contribution < 1.29 is 17.9 Å². The molecule has 23 heavy (non-hydrogen) atoms. The van der Waals surface area contributed by atoms with Crippen LogP contribution in [0.25, 0.3) is 0 Å². The first kappa shape index (κ1) is 17.9. The van der Waals surface area contributed by atoms with E-state index in [2.05, 4.69) is 0 Å². The van der Waals surface area contributed by atoms with Gasteiger partial charge in [-0.05, 0) is 37.5 Å². The lowest BCUT2D eigenvalue weighted by molar-refractivity contribution is 0.0401. The molecule has 2 unspecified atom stereocenters. The Bertz CT molecular complexity index is 690. The van der Waals surface area contributed by atoms with Gasteiger partial charge in [-0.25, -0.2) is 8.42 Å². The van der Waals surface area contributed by atoms with Crippen LogP contribution in [0.4, 0.5) is 0 Å². The van der Waals surface area contributed by atoms with E-state index in [1.54, 1.807) is 20.1 Å².